The molecule has 1 saturated heterocycles. The van der Waals surface area contributed by atoms with Gasteiger partial charge in [-0.15, -0.1) is 0 Å². The number of ether oxygens (including phenoxy) is 1. The van der Waals surface area contributed by atoms with Crippen LogP contribution in [0, 0.1) is 24.0 Å². The van der Waals surface area contributed by atoms with Crippen LogP contribution in [0.25, 0.3) is 6.08 Å². The van der Waals surface area contributed by atoms with Crippen LogP contribution in [-0.4, -0.2) is 15.2 Å². The summed E-state index contributed by atoms with van der Waals surface area (Å²) in [6.07, 6.45) is 1.77. The zero-order valence-corrected chi connectivity index (χ0v) is 21.5. The molecule has 6 nitrogen and oxygen atoms in total. The smallest absolute Gasteiger partial charge is 0.270 e. The summed E-state index contributed by atoms with van der Waals surface area (Å²) in [6.45, 7) is 4.25. The number of benzene rings is 3. The zero-order valence-electron chi connectivity index (χ0n) is 18.3. The van der Waals surface area contributed by atoms with E-state index in [0.717, 1.165) is 32.4 Å². The Hall–Kier alpha value is -3.01. The van der Waals surface area contributed by atoms with E-state index in [1.54, 1.807) is 23.1 Å². The van der Waals surface area contributed by atoms with Crippen molar-refractivity contribution < 1.29 is 14.5 Å². The van der Waals surface area contributed by atoms with Gasteiger partial charge in [-0.3, -0.25) is 19.8 Å². The van der Waals surface area contributed by atoms with Gasteiger partial charge in [0.15, 0.2) is 4.32 Å². The second-order valence-corrected chi connectivity index (χ2v) is 10.3. The number of non-ortho nitro benzene ring substituents is 1. The quantitative estimate of drug-likeness (QED) is 0.142. The van der Waals surface area contributed by atoms with Crippen LogP contribution in [0.15, 0.2) is 70.0 Å². The second-order valence-electron chi connectivity index (χ2n) is 7.68. The summed E-state index contributed by atoms with van der Waals surface area (Å²) in [6, 6.07) is 17.6. The first-order chi connectivity index (χ1) is 16.2. The summed E-state index contributed by atoms with van der Waals surface area (Å²) >= 11 is 10.2. The van der Waals surface area contributed by atoms with E-state index < -0.39 is 4.92 Å². The molecule has 0 N–H and O–H groups in total. The van der Waals surface area contributed by atoms with Crippen LogP contribution in [0.4, 0.5) is 11.4 Å². The fourth-order valence-corrected chi connectivity index (χ4v) is 5.00. The van der Waals surface area contributed by atoms with Gasteiger partial charge >= 0.3 is 0 Å². The monoisotopic (exact) mass is 554 g/mol. The molecule has 9 heteroatoms. The number of rotatable bonds is 6. The van der Waals surface area contributed by atoms with Crippen LogP contribution in [0.1, 0.15) is 22.3 Å². The number of hydrogen-bond acceptors (Lipinski definition) is 6. The molecule has 0 saturated carbocycles. The van der Waals surface area contributed by atoms with Crippen LogP contribution in [0.2, 0.25) is 0 Å². The molecule has 4 rings (SSSR count). The van der Waals surface area contributed by atoms with E-state index in [1.165, 1.54) is 23.9 Å². The standard InChI is InChI=1S/C25H19BrN2O4S2/c1-15-3-7-21(11-16(15)2)27-24(29)23(34-25(27)33)13-18-12-19(26)6-10-22(18)32-14-17-4-8-20(9-5-17)28(30)31/h3-13H,14H2,1-2H3/b23-13+. The summed E-state index contributed by atoms with van der Waals surface area (Å²) in [7, 11) is 0. The van der Waals surface area contributed by atoms with Gasteiger partial charge in [0.2, 0.25) is 0 Å². The number of halogens is 1. The maximum atomic E-state index is 13.2. The van der Waals surface area contributed by atoms with Crippen molar-refractivity contribution in [3.63, 3.8) is 0 Å². The number of nitro groups is 1. The van der Waals surface area contributed by atoms with Crippen LogP contribution in [0.5, 0.6) is 5.75 Å². The van der Waals surface area contributed by atoms with Crippen molar-refractivity contribution in [3.05, 3.63) is 102 Å². The second kappa shape index (κ2) is 10.1. The minimum absolute atomic E-state index is 0.0267. The lowest BCUT2D eigenvalue weighted by Crippen LogP contribution is -2.27. The van der Waals surface area contributed by atoms with Crippen LogP contribution < -0.4 is 9.64 Å². The van der Waals surface area contributed by atoms with E-state index >= 15 is 0 Å². The fraction of sp³-hybridized carbons (Fsp3) is 0.120. The number of nitrogens with zero attached hydrogens (tertiary/aromatic N) is 2. The molecule has 0 unspecified atom stereocenters. The lowest BCUT2D eigenvalue weighted by molar-refractivity contribution is -0.384. The van der Waals surface area contributed by atoms with E-state index in [0.29, 0.717) is 15.0 Å². The van der Waals surface area contributed by atoms with Crippen molar-refractivity contribution in [2.24, 2.45) is 0 Å². The molecule has 34 heavy (non-hydrogen) atoms. The van der Waals surface area contributed by atoms with Gasteiger partial charge in [-0.2, -0.15) is 0 Å². The summed E-state index contributed by atoms with van der Waals surface area (Å²) in [5.74, 6) is 0.401. The highest BCUT2D eigenvalue weighted by atomic mass is 79.9. The summed E-state index contributed by atoms with van der Waals surface area (Å²) in [4.78, 5) is 25.7. The van der Waals surface area contributed by atoms with Crippen molar-refractivity contribution in [1.82, 2.24) is 0 Å². The Kier molecular flexibility index (Phi) is 7.16. The molecule has 0 spiro atoms. The lowest BCUT2D eigenvalue weighted by atomic mass is 10.1. The number of hydrogen-bond donors (Lipinski definition) is 0. The lowest BCUT2D eigenvalue weighted by Gasteiger charge is -2.16. The number of anilines is 1. The van der Waals surface area contributed by atoms with Gasteiger partial charge in [-0.1, -0.05) is 46.0 Å². The Bertz CT molecular complexity index is 1340. The summed E-state index contributed by atoms with van der Waals surface area (Å²) in [5.41, 5.74) is 4.52. The summed E-state index contributed by atoms with van der Waals surface area (Å²) in [5, 5.41) is 10.8. The van der Waals surface area contributed by atoms with Crippen LogP contribution >= 0.6 is 39.9 Å². The first-order valence-corrected chi connectivity index (χ1v) is 12.3. The van der Waals surface area contributed by atoms with Gasteiger partial charge in [0, 0.05) is 22.2 Å². The topological polar surface area (TPSA) is 72.7 Å². The minimum Gasteiger partial charge on any atom is -0.488 e. The third-order valence-electron chi connectivity index (χ3n) is 5.34. The predicted octanol–water partition coefficient (Wildman–Crippen LogP) is 6.96. The summed E-state index contributed by atoms with van der Waals surface area (Å²) < 4.78 is 7.30. The molecule has 0 atom stereocenters. The average molecular weight is 555 g/mol. The van der Waals surface area contributed by atoms with Crippen molar-refractivity contribution in [3.8, 4) is 5.75 Å². The Morgan fingerprint density at radius 3 is 2.50 bits per heavy atom. The van der Waals surface area contributed by atoms with E-state index in [-0.39, 0.29) is 18.2 Å². The van der Waals surface area contributed by atoms with Crippen molar-refractivity contribution in [2.75, 3.05) is 4.90 Å². The molecule has 0 aromatic heterocycles. The SMILES string of the molecule is Cc1ccc(N2C(=O)/C(=C\c3cc(Br)ccc3OCc3ccc([N+](=O)[O-])cc3)SC2=S)cc1C. The fourth-order valence-electron chi connectivity index (χ4n) is 3.33. The third kappa shape index (κ3) is 5.22. The van der Waals surface area contributed by atoms with Gasteiger partial charge in [0.25, 0.3) is 11.6 Å². The molecule has 1 heterocycles. The molecule has 3 aromatic carbocycles. The molecular formula is C25H19BrN2O4S2. The largest absolute Gasteiger partial charge is 0.488 e. The molecule has 0 bridgehead atoms. The van der Waals surface area contributed by atoms with E-state index in [1.807, 2.05) is 50.2 Å². The van der Waals surface area contributed by atoms with Crippen molar-refractivity contribution in [2.45, 2.75) is 20.5 Å². The predicted molar refractivity (Wildman–Crippen MR) is 143 cm³/mol. The number of aryl methyl sites for hydroxylation is 2. The number of nitro benzene ring substituents is 1. The number of thiocarbonyl (C=S) groups is 1. The zero-order chi connectivity index (χ0) is 24.4. The van der Waals surface area contributed by atoms with Gasteiger partial charge in [0.1, 0.15) is 12.4 Å². The highest BCUT2D eigenvalue weighted by Gasteiger charge is 2.33. The Balaban J connectivity index is 1.58. The highest BCUT2D eigenvalue weighted by molar-refractivity contribution is 9.10. The first-order valence-electron chi connectivity index (χ1n) is 10.2. The van der Waals surface area contributed by atoms with Crippen molar-refractivity contribution >= 4 is 67.6 Å². The highest BCUT2D eigenvalue weighted by Crippen LogP contribution is 2.38. The molecule has 0 aliphatic carbocycles. The maximum absolute atomic E-state index is 13.2. The first kappa shape index (κ1) is 24.1. The van der Waals surface area contributed by atoms with E-state index in [2.05, 4.69) is 15.9 Å². The Morgan fingerprint density at radius 1 is 1.09 bits per heavy atom. The van der Waals surface area contributed by atoms with Gasteiger partial charge in [-0.05, 0) is 79.1 Å². The van der Waals surface area contributed by atoms with Crippen molar-refractivity contribution in [1.29, 1.82) is 0 Å². The minimum atomic E-state index is -0.439. The molecular weight excluding hydrogens is 536 g/mol. The molecule has 172 valence electrons. The van der Waals surface area contributed by atoms with Crippen LogP contribution in [-0.2, 0) is 11.4 Å². The molecule has 1 aliphatic rings. The van der Waals surface area contributed by atoms with E-state index in [4.69, 9.17) is 17.0 Å². The Labute approximate surface area is 214 Å². The van der Waals surface area contributed by atoms with Gasteiger partial charge in [0.05, 0.1) is 15.5 Å². The van der Waals surface area contributed by atoms with Gasteiger partial charge < -0.3 is 4.74 Å². The molecule has 1 amide bonds. The Morgan fingerprint density at radius 2 is 1.82 bits per heavy atom. The molecule has 3 aromatic rings. The van der Waals surface area contributed by atoms with Crippen LogP contribution in [0.3, 0.4) is 0 Å². The normalized spacial score (nSPS) is 14.7. The van der Waals surface area contributed by atoms with E-state index in [9.17, 15) is 14.9 Å². The third-order valence-corrected chi connectivity index (χ3v) is 7.14. The number of amides is 1. The van der Waals surface area contributed by atoms with Gasteiger partial charge in [-0.25, -0.2) is 0 Å². The molecule has 1 fully saturated rings. The maximum Gasteiger partial charge on any atom is 0.270 e. The number of carbonyl (C=O) groups excluding carboxylic acids is 1. The molecule has 1 aliphatic heterocycles. The average Bonchev–Trinajstić information content (AvgIpc) is 3.08. The number of carbonyl (C=O) groups is 1. The molecule has 0 radical (unpaired) electrons. The number of thioether (sulfide) groups is 1.